The Morgan fingerprint density at radius 3 is 3.07 bits per heavy atom. The molecule has 0 radical (unpaired) electrons. The molecule has 1 aromatic carbocycles. The van der Waals surface area contributed by atoms with Crippen molar-refractivity contribution in [2.24, 2.45) is 5.92 Å². The van der Waals surface area contributed by atoms with Crippen LogP contribution in [0.15, 0.2) is 18.2 Å². The molecule has 3 heteroatoms. The zero-order chi connectivity index (χ0) is 9.71. The average molecular weight is 191 g/mol. The van der Waals surface area contributed by atoms with Crippen LogP contribution < -0.4 is 5.32 Å². The van der Waals surface area contributed by atoms with Crippen LogP contribution in [-0.4, -0.2) is 5.91 Å². The smallest absolute Gasteiger partial charge is 0.220 e. The van der Waals surface area contributed by atoms with Crippen LogP contribution in [0.5, 0.6) is 0 Å². The summed E-state index contributed by atoms with van der Waals surface area (Å²) in [4.78, 5) is 11.1. The Kier molecular flexibility index (Phi) is 1.46. The second-order valence-electron chi connectivity index (χ2n) is 4.06. The van der Waals surface area contributed by atoms with E-state index < -0.39 is 0 Å². The van der Waals surface area contributed by atoms with Crippen LogP contribution in [0.3, 0.4) is 0 Å². The van der Waals surface area contributed by atoms with Gasteiger partial charge >= 0.3 is 0 Å². The lowest BCUT2D eigenvalue weighted by atomic mass is 10.0. The molecule has 1 aliphatic carbocycles. The summed E-state index contributed by atoms with van der Waals surface area (Å²) in [5.74, 6) is 0.222. The zero-order valence-electron chi connectivity index (χ0n) is 7.59. The first-order chi connectivity index (χ1) is 6.74. The van der Waals surface area contributed by atoms with Crippen LogP contribution in [0.2, 0.25) is 0 Å². The van der Waals surface area contributed by atoms with E-state index in [0.717, 1.165) is 12.0 Å². The Hall–Kier alpha value is -1.38. The molecule has 1 aromatic rings. The van der Waals surface area contributed by atoms with Gasteiger partial charge in [-0.1, -0.05) is 6.07 Å². The lowest BCUT2D eigenvalue weighted by Gasteiger charge is -2.09. The first-order valence-electron chi connectivity index (χ1n) is 4.82. The summed E-state index contributed by atoms with van der Waals surface area (Å²) in [5.41, 5.74) is 2.15. The Bertz CT molecular complexity index is 416. The van der Waals surface area contributed by atoms with Crippen molar-refractivity contribution in [2.45, 2.75) is 18.9 Å². The molecule has 1 saturated heterocycles. The van der Waals surface area contributed by atoms with Gasteiger partial charge in [0.05, 0.1) is 6.04 Å². The van der Waals surface area contributed by atoms with E-state index >= 15 is 0 Å². The van der Waals surface area contributed by atoms with Gasteiger partial charge in [-0.3, -0.25) is 4.79 Å². The van der Waals surface area contributed by atoms with Gasteiger partial charge in [-0.15, -0.1) is 0 Å². The fourth-order valence-electron chi connectivity index (χ4n) is 2.55. The third kappa shape index (κ3) is 0.983. The summed E-state index contributed by atoms with van der Waals surface area (Å²) >= 11 is 0. The predicted molar refractivity (Wildman–Crippen MR) is 49.1 cm³/mol. The Labute approximate surface area is 81.1 Å². The van der Waals surface area contributed by atoms with Crippen LogP contribution in [0.25, 0.3) is 0 Å². The van der Waals surface area contributed by atoms with Crippen molar-refractivity contribution in [1.29, 1.82) is 0 Å². The molecule has 1 fully saturated rings. The van der Waals surface area contributed by atoms with Gasteiger partial charge in [-0.05, 0) is 35.6 Å². The van der Waals surface area contributed by atoms with E-state index in [0.29, 0.717) is 12.3 Å². The third-order valence-electron chi connectivity index (χ3n) is 3.16. The number of amides is 1. The molecule has 0 bridgehead atoms. The van der Waals surface area contributed by atoms with E-state index in [1.54, 1.807) is 6.07 Å². The van der Waals surface area contributed by atoms with Crippen LogP contribution in [0.4, 0.5) is 4.39 Å². The number of hydrogen-bond donors (Lipinski definition) is 1. The maximum Gasteiger partial charge on any atom is 0.220 e. The number of carbonyl (C=O) groups excluding carboxylic acids is 1. The van der Waals surface area contributed by atoms with Crippen molar-refractivity contribution in [1.82, 2.24) is 5.32 Å². The highest BCUT2D eigenvalue weighted by Gasteiger charge is 2.39. The second kappa shape index (κ2) is 2.56. The Balaban J connectivity index is 2.07. The van der Waals surface area contributed by atoms with E-state index in [1.807, 2.05) is 6.07 Å². The standard InChI is InChI=1S/C11H10FNO/c12-8-2-1-6-3-7-4-10(14)13-11(7)9(6)5-8/h1-2,5,7,11H,3-4H2,(H,13,14). The van der Waals surface area contributed by atoms with E-state index in [-0.39, 0.29) is 17.8 Å². The van der Waals surface area contributed by atoms with Crippen molar-refractivity contribution in [2.75, 3.05) is 0 Å². The summed E-state index contributed by atoms with van der Waals surface area (Å²) in [5, 5.41) is 2.89. The molecular formula is C11H10FNO. The Morgan fingerprint density at radius 2 is 2.21 bits per heavy atom. The van der Waals surface area contributed by atoms with E-state index in [4.69, 9.17) is 0 Å². The maximum atomic E-state index is 13.0. The fourth-order valence-corrected chi connectivity index (χ4v) is 2.55. The molecule has 2 nitrogen and oxygen atoms in total. The maximum absolute atomic E-state index is 13.0. The molecule has 2 unspecified atom stereocenters. The highest BCUT2D eigenvalue weighted by Crippen LogP contribution is 2.41. The topological polar surface area (TPSA) is 29.1 Å². The first-order valence-corrected chi connectivity index (χ1v) is 4.82. The van der Waals surface area contributed by atoms with Crippen LogP contribution >= 0.6 is 0 Å². The molecule has 0 aromatic heterocycles. The average Bonchev–Trinajstić information content (AvgIpc) is 2.62. The lowest BCUT2D eigenvalue weighted by molar-refractivity contribution is -0.119. The molecular weight excluding hydrogens is 181 g/mol. The monoisotopic (exact) mass is 191 g/mol. The minimum atomic E-state index is -0.217. The predicted octanol–water partition coefficient (Wildman–Crippen LogP) is 1.56. The molecule has 1 heterocycles. The number of hydrogen-bond acceptors (Lipinski definition) is 1. The van der Waals surface area contributed by atoms with E-state index in [2.05, 4.69) is 5.32 Å². The number of benzene rings is 1. The summed E-state index contributed by atoms with van der Waals surface area (Å²) < 4.78 is 13.0. The number of carbonyl (C=O) groups is 1. The van der Waals surface area contributed by atoms with Gasteiger partial charge < -0.3 is 5.32 Å². The number of nitrogens with one attached hydrogen (secondary N) is 1. The largest absolute Gasteiger partial charge is 0.349 e. The first kappa shape index (κ1) is 7.97. The highest BCUT2D eigenvalue weighted by molar-refractivity contribution is 5.80. The number of halogens is 1. The lowest BCUT2D eigenvalue weighted by Crippen LogP contribution is -2.18. The molecule has 1 N–H and O–H groups in total. The van der Waals surface area contributed by atoms with Gasteiger partial charge in [0.2, 0.25) is 5.91 Å². The van der Waals surface area contributed by atoms with Gasteiger partial charge in [0.25, 0.3) is 0 Å². The van der Waals surface area contributed by atoms with Gasteiger partial charge in [0.15, 0.2) is 0 Å². The normalized spacial score (nSPS) is 28.5. The molecule has 0 spiro atoms. The molecule has 3 rings (SSSR count). The summed E-state index contributed by atoms with van der Waals surface area (Å²) in [7, 11) is 0. The highest BCUT2D eigenvalue weighted by atomic mass is 19.1. The van der Waals surface area contributed by atoms with Crippen molar-refractivity contribution >= 4 is 5.91 Å². The van der Waals surface area contributed by atoms with E-state index in [1.165, 1.54) is 11.6 Å². The zero-order valence-corrected chi connectivity index (χ0v) is 7.59. The molecule has 2 aliphatic rings. The van der Waals surface area contributed by atoms with Gasteiger partial charge in [-0.25, -0.2) is 4.39 Å². The van der Waals surface area contributed by atoms with E-state index in [9.17, 15) is 9.18 Å². The van der Waals surface area contributed by atoms with Crippen LogP contribution in [0, 0.1) is 11.7 Å². The summed E-state index contributed by atoms with van der Waals surface area (Å²) in [6, 6.07) is 4.93. The molecule has 14 heavy (non-hydrogen) atoms. The molecule has 0 saturated carbocycles. The van der Waals surface area contributed by atoms with Crippen LogP contribution in [-0.2, 0) is 11.2 Å². The minimum absolute atomic E-state index is 0.0631. The van der Waals surface area contributed by atoms with Crippen molar-refractivity contribution in [3.63, 3.8) is 0 Å². The number of rotatable bonds is 0. The third-order valence-corrected chi connectivity index (χ3v) is 3.16. The quantitative estimate of drug-likeness (QED) is 0.662. The van der Waals surface area contributed by atoms with Crippen molar-refractivity contribution in [3.8, 4) is 0 Å². The second-order valence-corrected chi connectivity index (χ2v) is 4.06. The van der Waals surface area contributed by atoms with Gasteiger partial charge in [-0.2, -0.15) is 0 Å². The fraction of sp³-hybridized carbons (Fsp3) is 0.364. The van der Waals surface area contributed by atoms with Crippen LogP contribution in [0.1, 0.15) is 23.6 Å². The molecule has 2 atom stereocenters. The SMILES string of the molecule is O=C1CC2Cc3ccc(F)cc3C2N1. The molecule has 1 aliphatic heterocycles. The summed E-state index contributed by atoms with van der Waals surface area (Å²) in [6.45, 7) is 0. The molecule has 72 valence electrons. The Morgan fingerprint density at radius 1 is 1.36 bits per heavy atom. The van der Waals surface area contributed by atoms with Gasteiger partial charge in [0.1, 0.15) is 5.82 Å². The van der Waals surface area contributed by atoms with Crippen molar-refractivity contribution < 1.29 is 9.18 Å². The van der Waals surface area contributed by atoms with Crippen molar-refractivity contribution in [3.05, 3.63) is 35.1 Å². The minimum Gasteiger partial charge on any atom is -0.349 e. The number of fused-ring (bicyclic) bond motifs is 3. The summed E-state index contributed by atoms with van der Waals surface area (Å²) in [6.07, 6.45) is 1.49. The van der Waals surface area contributed by atoms with Gasteiger partial charge in [0, 0.05) is 6.42 Å². The molecule has 1 amide bonds.